The van der Waals surface area contributed by atoms with Crippen molar-refractivity contribution < 1.29 is 9.53 Å². The summed E-state index contributed by atoms with van der Waals surface area (Å²) in [6.07, 6.45) is 7.88. The highest BCUT2D eigenvalue weighted by Gasteiger charge is 2.37. The largest absolute Gasteiger partial charge is 0.486 e. The lowest BCUT2D eigenvalue weighted by Crippen LogP contribution is -2.60. The maximum absolute atomic E-state index is 12.4. The first-order valence-electron chi connectivity index (χ1n) is 11.7. The van der Waals surface area contributed by atoms with Crippen molar-refractivity contribution in [2.45, 2.75) is 63.3 Å². The van der Waals surface area contributed by atoms with Gasteiger partial charge in [0.1, 0.15) is 17.5 Å². The molecule has 3 fully saturated rings. The number of aromatic nitrogens is 3. The molecule has 2 N–H and O–H groups in total. The number of pyridine rings is 3. The van der Waals surface area contributed by atoms with Crippen LogP contribution < -0.4 is 15.6 Å². The topological polar surface area (TPSA) is 100 Å². The molecule has 2 atom stereocenters. The number of amides is 1. The summed E-state index contributed by atoms with van der Waals surface area (Å²) in [5.41, 5.74) is 4.00. The minimum Gasteiger partial charge on any atom is -0.486 e. The molecular formula is C25H27N5O3. The van der Waals surface area contributed by atoms with E-state index in [4.69, 9.17) is 4.74 Å². The van der Waals surface area contributed by atoms with Crippen molar-refractivity contribution in [3.05, 3.63) is 63.8 Å². The van der Waals surface area contributed by atoms with E-state index in [0.717, 1.165) is 60.9 Å². The van der Waals surface area contributed by atoms with E-state index in [1.807, 2.05) is 24.4 Å². The number of hydrogen-bond donors (Lipinski definition) is 2. The quantitative estimate of drug-likeness (QED) is 0.580. The van der Waals surface area contributed by atoms with E-state index < -0.39 is 0 Å². The van der Waals surface area contributed by atoms with Gasteiger partial charge in [0.05, 0.1) is 17.2 Å². The van der Waals surface area contributed by atoms with Crippen molar-refractivity contribution in [1.82, 2.24) is 25.2 Å². The third-order valence-corrected chi connectivity index (χ3v) is 6.88. The van der Waals surface area contributed by atoms with Gasteiger partial charge in [-0.3, -0.25) is 19.5 Å². The van der Waals surface area contributed by atoms with Crippen molar-refractivity contribution >= 4 is 16.9 Å². The molecule has 170 valence electrons. The molecule has 0 radical (unpaired) electrons. The lowest BCUT2D eigenvalue weighted by Gasteiger charge is -2.45. The summed E-state index contributed by atoms with van der Waals surface area (Å²) in [5.74, 6) is 0.956. The zero-order chi connectivity index (χ0) is 22.5. The summed E-state index contributed by atoms with van der Waals surface area (Å²) in [7, 11) is 0. The molecule has 4 heterocycles. The summed E-state index contributed by atoms with van der Waals surface area (Å²) in [6.45, 7) is 3.67. The van der Waals surface area contributed by atoms with Crippen LogP contribution in [-0.2, 0) is 6.54 Å². The first-order chi connectivity index (χ1) is 16.0. The third-order valence-electron chi connectivity index (χ3n) is 6.88. The molecule has 8 nitrogen and oxygen atoms in total. The molecule has 1 amide bonds. The van der Waals surface area contributed by atoms with Crippen LogP contribution in [0.15, 0.2) is 41.5 Å². The molecule has 0 bridgehead atoms. The second-order valence-electron chi connectivity index (χ2n) is 9.56. The first-order valence-corrected chi connectivity index (χ1v) is 11.7. The number of fused-ring (bicyclic) bond motifs is 1. The summed E-state index contributed by atoms with van der Waals surface area (Å²) in [4.78, 5) is 38.6. The van der Waals surface area contributed by atoms with Crippen molar-refractivity contribution in [3.63, 3.8) is 0 Å². The average Bonchev–Trinajstić information content (AvgIpc) is 3.73. The van der Waals surface area contributed by atoms with E-state index >= 15 is 0 Å². The Kier molecular flexibility index (Phi) is 4.90. The number of ether oxygens (including phenoxy) is 1. The second kappa shape index (κ2) is 7.95. The van der Waals surface area contributed by atoms with Gasteiger partial charge >= 0.3 is 0 Å². The monoisotopic (exact) mass is 445 g/mol. The molecule has 1 saturated heterocycles. The van der Waals surface area contributed by atoms with Gasteiger partial charge in [-0.25, -0.2) is 4.98 Å². The molecule has 33 heavy (non-hydrogen) atoms. The van der Waals surface area contributed by atoms with Gasteiger partial charge in [0, 0.05) is 36.9 Å². The molecular weight excluding hydrogens is 418 g/mol. The molecule has 0 aromatic carbocycles. The fourth-order valence-corrected chi connectivity index (χ4v) is 4.40. The van der Waals surface area contributed by atoms with E-state index in [-0.39, 0.29) is 23.6 Å². The Balaban J connectivity index is 1.06. The fraction of sp³-hybridized carbons (Fsp3) is 0.440. The molecule has 0 unspecified atom stereocenters. The van der Waals surface area contributed by atoms with Gasteiger partial charge in [-0.2, -0.15) is 0 Å². The highest BCUT2D eigenvalue weighted by Crippen LogP contribution is 2.38. The van der Waals surface area contributed by atoms with Crippen molar-refractivity contribution in [1.29, 1.82) is 0 Å². The van der Waals surface area contributed by atoms with Crippen molar-refractivity contribution in [3.8, 4) is 5.75 Å². The Morgan fingerprint density at radius 3 is 2.73 bits per heavy atom. The number of likely N-dealkylation sites (tertiary alicyclic amines) is 1. The number of aromatic amines is 1. The van der Waals surface area contributed by atoms with Crippen molar-refractivity contribution in [2.75, 3.05) is 6.54 Å². The summed E-state index contributed by atoms with van der Waals surface area (Å²) >= 11 is 0. The number of carbonyl (C=O) groups excluding carboxylic acids is 1. The Hall–Kier alpha value is -3.26. The standard InChI is InChI=1S/C25H27N5O3/c1-14-23(33-18-6-7-20(27-11-18)25(32)28-17-4-5-17)13-30(14)12-15-8-22-21(26-10-15)9-19(16-2-3-16)24(31)29-22/h6-11,14,16-17,23H,2-5,12-13H2,1H3,(H,28,32)(H,29,31)/t14-,23+/m1/s1. The van der Waals surface area contributed by atoms with Crippen LogP contribution in [0.4, 0.5) is 0 Å². The lowest BCUT2D eigenvalue weighted by atomic mass is 10.00. The van der Waals surface area contributed by atoms with Gasteiger partial charge in [0.25, 0.3) is 11.5 Å². The van der Waals surface area contributed by atoms with Crippen LogP contribution in [-0.4, -0.2) is 50.5 Å². The molecule has 2 aliphatic carbocycles. The Morgan fingerprint density at radius 1 is 1.18 bits per heavy atom. The summed E-state index contributed by atoms with van der Waals surface area (Å²) in [5, 5.41) is 2.94. The van der Waals surface area contributed by atoms with E-state index in [1.54, 1.807) is 12.3 Å². The number of nitrogens with one attached hydrogen (secondary N) is 2. The predicted molar refractivity (Wildman–Crippen MR) is 123 cm³/mol. The zero-order valence-corrected chi connectivity index (χ0v) is 18.6. The summed E-state index contributed by atoms with van der Waals surface area (Å²) < 4.78 is 6.09. The van der Waals surface area contributed by atoms with Gasteiger partial charge in [0.15, 0.2) is 0 Å². The minimum atomic E-state index is -0.124. The first kappa shape index (κ1) is 20.4. The normalized spacial score (nSPS) is 22.7. The van der Waals surface area contributed by atoms with E-state index in [9.17, 15) is 9.59 Å². The number of carbonyl (C=O) groups is 1. The van der Waals surface area contributed by atoms with Gasteiger partial charge in [-0.1, -0.05) is 0 Å². The average molecular weight is 446 g/mol. The lowest BCUT2D eigenvalue weighted by molar-refractivity contribution is -0.0415. The smallest absolute Gasteiger partial charge is 0.270 e. The molecule has 6 rings (SSSR count). The SMILES string of the molecule is C[C@@H]1[C@@H](Oc2ccc(C(=O)NC3CC3)nc2)CN1Cc1cnc2cc(C3CC3)c(=O)[nH]c2c1. The van der Waals surface area contributed by atoms with Crippen LogP contribution in [0.2, 0.25) is 0 Å². The summed E-state index contributed by atoms with van der Waals surface area (Å²) in [6, 6.07) is 8.04. The third kappa shape index (κ3) is 4.23. The minimum absolute atomic E-state index is 0.0133. The zero-order valence-electron chi connectivity index (χ0n) is 18.6. The number of nitrogens with zero attached hydrogens (tertiary/aromatic N) is 3. The van der Waals surface area contributed by atoms with Crippen LogP contribution in [0.5, 0.6) is 5.75 Å². The van der Waals surface area contributed by atoms with Crippen LogP contribution in [0.3, 0.4) is 0 Å². The fourth-order valence-electron chi connectivity index (χ4n) is 4.40. The highest BCUT2D eigenvalue weighted by molar-refractivity contribution is 5.92. The molecule has 1 aliphatic heterocycles. The van der Waals surface area contributed by atoms with Gasteiger partial charge in [-0.05, 0) is 68.4 Å². The van der Waals surface area contributed by atoms with Crippen LogP contribution in [0.25, 0.3) is 11.0 Å². The molecule has 3 aromatic rings. The number of rotatable bonds is 7. The van der Waals surface area contributed by atoms with E-state index in [1.165, 1.54) is 0 Å². The second-order valence-corrected chi connectivity index (χ2v) is 9.56. The van der Waals surface area contributed by atoms with Crippen LogP contribution >= 0.6 is 0 Å². The van der Waals surface area contributed by atoms with Gasteiger partial charge in [-0.15, -0.1) is 0 Å². The number of hydrogen-bond acceptors (Lipinski definition) is 6. The molecule has 2 saturated carbocycles. The maximum Gasteiger partial charge on any atom is 0.270 e. The Bertz CT molecular complexity index is 1260. The molecule has 0 spiro atoms. The molecule has 3 aliphatic rings. The highest BCUT2D eigenvalue weighted by atomic mass is 16.5. The predicted octanol–water partition coefficient (Wildman–Crippen LogP) is 2.74. The Morgan fingerprint density at radius 2 is 2.03 bits per heavy atom. The van der Waals surface area contributed by atoms with Crippen molar-refractivity contribution in [2.24, 2.45) is 0 Å². The van der Waals surface area contributed by atoms with Gasteiger partial charge in [0.2, 0.25) is 0 Å². The molecule has 8 heteroatoms. The van der Waals surface area contributed by atoms with Crippen LogP contribution in [0, 0.1) is 0 Å². The van der Waals surface area contributed by atoms with Gasteiger partial charge < -0.3 is 15.0 Å². The Labute approximate surface area is 191 Å². The maximum atomic E-state index is 12.4. The number of H-pyrrole nitrogens is 1. The van der Waals surface area contributed by atoms with E-state index in [2.05, 4.69) is 32.1 Å². The van der Waals surface area contributed by atoms with Crippen LogP contribution in [0.1, 0.15) is 60.1 Å². The van der Waals surface area contributed by atoms with E-state index in [0.29, 0.717) is 23.4 Å². The molecule has 3 aromatic heterocycles.